The maximum absolute atomic E-state index is 12.5. The Morgan fingerprint density at radius 2 is 2.12 bits per heavy atom. The third-order valence-corrected chi connectivity index (χ3v) is 6.20. The predicted molar refractivity (Wildman–Crippen MR) is 95.3 cm³/mol. The van der Waals surface area contributed by atoms with E-state index in [1.807, 2.05) is 47.9 Å². The molecule has 0 aliphatic carbocycles. The number of amides is 2. The third-order valence-electron chi connectivity index (χ3n) is 4.63. The van der Waals surface area contributed by atoms with Gasteiger partial charge in [-0.15, -0.1) is 11.8 Å². The maximum Gasteiger partial charge on any atom is 0.253 e. The van der Waals surface area contributed by atoms with Crippen molar-refractivity contribution in [3.05, 3.63) is 35.4 Å². The highest BCUT2D eigenvalue weighted by molar-refractivity contribution is 8.01. The molecule has 1 aromatic carbocycles. The first-order valence-corrected chi connectivity index (χ1v) is 9.19. The fourth-order valence-electron chi connectivity index (χ4n) is 3.20. The molecule has 2 saturated heterocycles. The van der Waals surface area contributed by atoms with Crippen LogP contribution in [0.15, 0.2) is 24.3 Å². The molecule has 1 spiro atoms. The summed E-state index contributed by atoms with van der Waals surface area (Å²) in [6, 6.07) is 7.74. The van der Waals surface area contributed by atoms with Crippen molar-refractivity contribution in [1.82, 2.24) is 9.80 Å². The minimum atomic E-state index is -0.00851. The molecule has 1 atom stereocenters. The summed E-state index contributed by atoms with van der Waals surface area (Å²) in [5.41, 5.74) is 1.86. The zero-order valence-corrected chi connectivity index (χ0v) is 15.3. The summed E-state index contributed by atoms with van der Waals surface area (Å²) >= 11 is 1.88. The molecule has 2 amide bonds. The van der Waals surface area contributed by atoms with E-state index in [2.05, 4.69) is 0 Å². The number of carbonyl (C=O) groups is 2. The van der Waals surface area contributed by atoms with Gasteiger partial charge in [-0.2, -0.15) is 0 Å². The van der Waals surface area contributed by atoms with Crippen LogP contribution in [0, 0.1) is 6.92 Å². The number of nitrogens with zero attached hydrogens (tertiary/aromatic N) is 2. The summed E-state index contributed by atoms with van der Waals surface area (Å²) in [6.45, 7) is 3.68. The fraction of sp³-hybridized carbons (Fsp3) is 0.556. The smallest absolute Gasteiger partial charge is 0.253 e. The first kappa shape index (κ1) is 17.3. The van der Waals surface area contributed by atoms with Gasteiger partial charge in [0.25, 0.3) is 5.91 Å². The molecular weight excluding hydrogens is 324 g/mol. The van der Waals surface area contributed by atoms with Crippen LogP contribution in [0.25, 0.3) is 0 Å². The predicted octanol–water partition coefficient (Wildman–Crippen LogP) is 1.80. The minimum Gasteiger partial charge on any atom is -0.367 e. The summed E-state index contributed by atoms with van der Waals surface area (Å²) < 4.78 is 5.85. The van der Waals surface area contributed by atoms with Gasteiger partial charge in [0.2, 0.25) is 5.91 Å². The lowest BCUT2D eigenvalue weighted by Crippen LogP contribution is -2.60. The fourth-order valence-corrected chi connectivity index (χ4v) is 4.75. The minimum absolute atomic E-state index is 0.00851. The first-order chi connectivity index (χ1) is 11.4. The number of hydrogen-bond donors (Lipinski definition) is 0. The van der Waals surface area contributed by atoms with Crippen LogP contribution in [0.5, 0.6) is 0 Å². The van der Waals surface area contributed by atoms with E-state index in [1.165, 1.54) is 0 Å². The van der Waals surface area contributed by atoms with Crippen LogP contribution in [0.3, 0.4) is 0 Å². The number of aryl methyl sites for hydroxylation is 1. The molecule has 2 aliphatic rings. The number of likely N-dealkylation sites (tertiary alicyclic amines) is 1. The molecule has 130 valence electrons. The molecular formula is C18H24N2O3S. The van der Waals surface area contributed by atoms with Crippen LogP contribution in [-0.2, 0) is 9.53 Å². The molecule has 0 saturated carbocycles. The lowest BCUT2D eigenvalue weighted by atomic mass is 9.92. The molecule has 3 rings (SSSR count). The third kappa shape index (κ3) is 3.59. The molecule has 0 radical (unpaired) electrons. The topological polar surface area (TPSA) is 49.9 Å². The van der Waals surface area contributed by atoms with Crippen LogP contribution < -0.4 is 0 Å². The Bertz CT molecular complexity index is 641. The highest BCUT2D eigenvalue weighted by Crippen LogP contribution is 2.46. The Morgan fingerprint density at radius 1 is 1.38 bits per heavy atom. The lowest BCUT2D eigenvalue weighted by molar-refractivity contribution is -0.135. The zero-order chi connectivity index (χ0) is 17.3. The number of hydrogen-bond acceptors (Lipinski definition) is 4. The van der Waals surface area contributed by atoms with E-state index >= 15 is 0 Å². The van der Waals surface area contributed by atoms with Gasteiger partial charge >= 0.3 is 0 Å². The average Bonchev–Trinajstić information content (AvgIpc) is 2.95. The second kappa shape index (κ2) is 6.76. The average molecular weight is 348 g/mol. The number of benzene rings is 1. The highest BCUT2D eigenvalue weighted by atomic mass is 32.2. The molecule has 0 unspecified atom stereocenters. The van der Waals surface area contributed by atoms with Crippen molar-refractivity contribution in [3.63, 3.8) is 0 Å². The Labute approximate surface area is 147 Å². The standard InChI is InChI=1S/C18H24N2O3S/c1-13-5-4-6-14(7-13)17(22)20-11-18(12-20)8-15(10-24-18)23-9-16(21)19(2)3/h4-7,15H,8-12H2,1-3H3/t15-/m0/s1. The van der Waals surface area contributed by atoms with E-state index in [4.69, 9.17) is 4.74 Å². The van der Waals surface area contributed by atoms with Gasteiger partial charge < -0.3 is 14.5 Å². The van der Waals surface area contributed by atoms with Gasteiger partial charge in [0.1, 0.15) is 6.61 Å². The van der Waals surface area contributed by atoms with E-state index in [0.717, 1.165) is 36.4 Å². The van der Waals surface area contributed by atoms with Crippen LogP contribution in [0.2, 0.25) is 0 Å². The molecule has 0 aromatic heterocycles. The molecule has 2 fully saturated rings. The van der Waals surface area contributed by atoms with E-state index < -0.39 is 0 Å². The van der Waals surface area contributed by atoms with Crippen molar-refractivity contribution in [3.8, 4) is 0 Å². The molecule has 0 N–H and O–H groups in total. The van der Waals surface area contributed by atoms with Crippen LogP contribution in [0.1, 0.15) is 22.3 Å². The van der Waals surface area contributed by atoms with Crippen molar-refractivity contribution in [2.75, 3.05) is 39.5 Å². The molecule has 2 aliphatic heterocycles. The highest BCUT2D eigenvalue weighted by Gasteiger charge is 2.51. The Hall–Kier alpha value is -1.53. The monoisotopic (exact) mass is 348 g/mol. The van der Waals surface area contributed by atoms with E-state index in [1.54, 1.807) is 19.0 Å². The molecule has 5 nitrogen and oxygen atoms in total. The largest absolute Gasteiger partial charge is 0.367 e. The number of carbonyl (C=O) groups excluding carboxylic acids is 2. The van der Waals surface area contributed by atoms with Gasteiger partial charge in [0, 0.05) is 38.5 Å². The normalized spacial score (nSPS) is 21.6. The Kier molecular flexibility index (Phi) is 4.88. The summed E-state index contributed by atoms with van der Waals surface area (Å²) in [6.07, 6.45) is 1.02. The number of rotatable bonds is 4. The molecule has 0 bridgehead atoms. The second-order valence-corrected chi connectivity index (χ2v) is 8.44. The maximum atomic E-state index is 12.5. The van der Waals surface area contributed by atoms with Gasteiger partial charge in [-0.1, -0.05) is 17.7 Å². The van der Waals surface area contributed by atoms with Crippen molar-refractivity contribution < 1.29 is 14.3 Å². The van der Waals surface area contributed by atoms with E-state index in [-0.39, 0.29) is 29.3 Å². The van der Waals surface area contributed by atoms with Gasteiger partial charge in [-0.25, -0.2) is 0 Å². The molecule has 24 heavy (non-hydrogen) atoms. The molecule has 6 heteroatoms. The van der Waals surface area contributed by atoms with Gasteiger partial charge in [-0.05, 0) is 25.5 Å². The van der Waals surface area contributed by atoms with Crippen LogP contribution >= 0.6 is 11.8 Å². The second-order valence-electron chi connectivity index (χ2n) is 6.95. The first-order valence-electron chi connectivity index (χ1n) is 8.20. The van der Waals surface area contributed by atoms with Crippen LogP contribution in [0.4, 0.5) is 0 Å². The summed E-state index contributed by atoms with van der Waals surface area (Å²) in [5, 5.41) is 0. The molecule has 1 aromatic rings. The zero-order valence-electron chi connectivity index (χ0n) is 14.4. The summed E-state index contributed by atoms with van der Waals surface area (Å²) in [5.74, 6) is 0.996. The number of likely N-dealkylation sites (N-methyl/N-ethyl adjacent to an activating group) is 1. The Balaban J connectivity index is 1.49. The van der Waals surface area contributed by atoms with Crippen molar-refractivity contribution in [1.29, 1.82) is 0 Å². The number of thioether (sulfide) groups is 1. The SMILES string of the molecule is Cc1cccc(C(=O)N2CC3(C[C@H](OCC(=O)N(C)C)CS3)C2)c1. The Morgan fingerprint density at radius 3 is 2.79 bits per heavy atom. The van der Waals surface area contributed by atoms with Crippen LogP contribution in [-0.4, -0.2) is 72.0 Å². The van der Waals surface area contributed by atoms with Gasteiger partial charge in [0.05, 0.1) is 10.9 Å². The quantitative estimate of drug-likeness (QED) is 0.833. The van der Waals surface area contributed by atoms with Crippen molar-refractivity contribution >= 4 is 23.6 Å². The summed E-state index contributed by atoms with van der Waals surface area (Å²) in [7, 11) is 3.47. The van der Waals surface area contributed by atoms with Gasteiger partial charge in [-0.3, -0.25) is 9.59 Å². The van der Waals surface area contributed by atoms with Crippen molar-refractivity contribution in [2.24, 2.45) is 0 Å². The van der Waals surface area contributed by atoms with E-state index in [0.29, 0.717) is 0 Å². The number of ether oxygens (including phenoxy) is 1. The van der Waals surface area contributed by atoms with Gasteiger partial charge in [0.15, 0.2) is 0 Å². The van der Waals surface area contributed by atoms with E-state index in [9.17, 15) is 9.59 Å². The van der Waals surface area contributed by atoms with Crippen molar-refractivity contribution in [2.45, 2.75) is 24.2 Å². The summed E-state index contributed by atoms with van der Waals surface area (Å²) in [4.78, 5) is 27.6. The lowest BCUT2D eigenvalue weighted by Gasteiger charge is -2.47. The molecule has 2 heterocycles.